The summed E-state index contributed by atoms with van der Waals surface area (Å²) in [7, 11) is 0.802. The number of phenolic OH excluding ortho intramolecular Hbond substituents is 1. The Kier molecular flexibility index (Phi) is 5.94. The molecule has 2 N–H and O–H groups in total. The van der Waals surface area contributed by atoms with Crippen molar-refractivity contribution < 1.29 is 37.7 Å². The molecule has 0 aliphatic carbocycles. The fraction of sp³-hybridized carbons (Fsp3) is 0.222. The Labute approximate surface area is 152 Å². The van der Waals surface area contributed by atoms with E-state index in [1.807, 2.05) is 0 Å². The number of alkyl halides is 3. The minimum absolute atomic E-state index is 0.0786. The van der Waals surface area contributed by atoms with Gasteiger partial charge in [-0.15, -0.1) is 0 Å². The van der Waals surface area contributed by atoms with Crippen molar-refractivity contribution in [1.29, 1.82) is 0 Å². The molecule has 2 aromatic rings. The lowest BCUT2D eigenvalue weighted by atomic mass is 10.0. The van der Waals surface area contributed by atoms with Gasteiger partial charge in [0.2, 0.25) is 0 Å². The lowest BCUT2D eigenvalue weighted by Crippen LogP contribution is -2.49. The highest BCUT2D eigenvalue weighted by molar-refractivity contribution is 5.87. The number of carboxylic acids is 1. The van der Waals surface area contributed by atoms with Crippen LogP contribution in [0.25, 0.3) is 0 Å². The van der Waals surface area contributed by atoms with E-state index >= 15 is 0 Å². The number of rotatable bonds is 6. The molecule has 0 heterocycles. The average Bonchev–Trinajstić information content (AvgIpc) is 2.60. The molecule has 0 aliphatic heterocycles. The molecular formula is C18H16F3NO5. The van der Waals surface area contributed by atoms with Crippen molar-refractivity contribution in [3.05, 3.63) is 54.1 Å². The molecule has 0 spiro atoms. The SMILES string of the molecule is CN(C(=O)C(F)(F)F)[C@@H](Cc1ccc(Oc2ccc(O)cc2)cc1)C(=O)O. The van der Waals surface area contributed by atoms with Crippen LogP contribution in [0.15, 0.2) is 48.5 Å². The number of carbonyl (C=O) groups excluding carboxylic acids is 1. The molecule has 9 heteroatoms. The number of halogens is 3. The van der Waals surface area contributed by atoms with Crippen LogP contribution in [0.1, 0.15) is 5.56 Å². The van der Waals surface area contributed by atoms with Crippen LogP contribution in [0.5, 0.6) is 17.2 Å². The predicted octanol–water partition coefficient (Wildman–Crippen LogP) is 3.20. The van der Waals surface area contributed by atoms with Gasteiger partial charge in [-0.2, -0.15) is 13.2 Å². The Morgan fingerprint density at radius 1 is 1.04 bits per heavy atom. The van der Waals surface area contributed by atoms with Crippen molar-refractivity contribution >= 4 is 11.9 Å². The number of carboxylic acid groups (broad SMARTS) is 1. The highest BCUT2D eigenvalue weighted by Crippen LogP contribution is 2.25. The first-order valence-electron chi connectivity index (χ1n) is 7.70. The number of likely N-dealkylation sites (N-methyl/N-ethyl adjacent to an activating group) is 1. The first kappa shape index (κ1) is 20.1. The third-order valence-electron chi connectivity index (χ3n) is 3.74. The van der Waals surface area contributed by atoms with Crippen LogP contribution in [0.2, 0.25) is 0 Å². The van der Waals surface area contributed by atoms with Gasteiger partial charge in [-0.25, -0.2) is 4.79 Å². The summed E-state index contributed by atoms with van der Waals surface area (Å²) in [5.41, 5.74) is 0.419. The minimum atomic E-state index is -5.15. The van der Waals surface area contributed by atoms with E-state index in [9.17, 15) is 33.0 Å². The molecule has 1 amide bonds. The number of hydrogen-bond donors (Lipinski definition) is 2. The van der Waals surface area contributed by atoms with Crippen molar-refractivity contribution in [3.63, 3.8) is 0 Å². The van der Waals surface area contributed by atoms with Gasteiger partial charge in [0.1, 0.15) is 23.3 Å². The molecule has 2 rings (SSSR count). The first-order chi connectivity index (χ1) is 12.6. The zero-order chi connectivity index (χ0) is 20.2. The van der Waals surface area contributed by atoms with Gasteiger partial charge in [0.25, 0.3) is 0 Å². The molecule has 6 nitrogen and oxygen atoms in total. The van der Waals surface area contributed by atoms with Crippen LogP contribution < -0.4 is 4.74 Å². The monoisotopic (exact) mass is 383 g/mol. The van der Waals surface area contributed by atoms with Gasteiger partial charge in [0.15, 0.2) is 0 Å². The second-order valence-corrected chi connectivity index (χ2v) is 5.71. The Hall–Kier alpha value is -3.23. The largest absolute Gasteiger partial charge is 0.508 e. The third kappa shape index (κ3) is 5.37. The molecule has 27 heavy (non-hydrogen) atoms. The van der Waals surface area contributed by atoms with Crippen LogP contribution in [0, 0.1) is 0 Å². The summed E-state index contributed by atoms with van der Waals surface area (Å²) in [5.74, 6) is -2.81. The second kappa shape index (κ2) is 7.98. The van der Waals surface area contributed by atoms with Crippen molar-refractivity contribution in [3.8, 4) is 17.2 Å². The molecule has 0 aromatic heterocycles. The maximum absolute atomic E-state index is 12.5. The topological polar surface area (TPSA) is 87.1 Å². The Balaban J connectivity index is 2.09. The molecule has 0 unspecified atom stereocenters. The van der Waals surface area contributed by atoms with E-state index in [-0.39, 0.29) is 17.1 Å². The summed E-state index contributed by atoms with van der Waals surface area (Å²) in [4.78, 5) is 22.8. The number of carbonyl (C=O) groups is 2. The van der Waals surface area contributed by atoms with Crippen LogP contribution >= 0.6 is 0 Å². The minimum Gasteiger partial charge on any atom is -0.508 e. The molecule has 0 radical (unpaired) electrons. The van der Waals surface area contributed by atoms with Gasteiger partial charge in [-0.1, -0.05) is 12.1 Å². The van der Waals surface area contributed by atoms with Crippen LogP contribution in [0.3, 0.4) is 0 Å². The fourth-order valence-corrected chi connectivity index (χ4v) is 2.30. The van der Waals surface area contributed by atoms with E-state index in [0.717, 1.165) is 7.05 Å². The molecule has 0 bridgehead atoms. The standard InChI is InChI=1S/C18H16F3NO5/c1-22(17(26)18(19,20)21)15(16(24)25)10-11-2-6-13(7-3-11)27-14-8-4-12(23)5-9-14/h2-9,15,23H,10H2,1H3,(H,24,25)/t15-/m0/s1. The molecule has 0 saturated carbocycles. The van der Waals surface area contributed by atoms with Crippen molar-refractivity contribution in [2.45, 2.75) is 18.6 Å². The van der Waals surface area contributed by atoms with E-state index in [1.54, 1.807) is 12.1 Å². The van der Waals surface area contributed by atoms with Crippen LogP contribution in [-0.4, -0.2) is 46.3 Å². The number of ether oxygens (including phenoxy) is 1. The normalized spacial score (nSPS) is 12.3. The van der Waals surface area contributed by atoms with E-state index in [1.165, 1.54) is 36.4 Å². The van der Waals surface area contributed by atoms with Crippen molar-refractivity contribution in [1.82, 2.24) is 4.90 Å². The van der Waals surface area contributed by atoms with E-state index in [4.69, 9.17) is 4.74 Å². The Bertz CT molecular complexity index is 803. The van der Waals surface area contributed by atoms with Gasteiger partial charge in [-0.3, -0.25) is 4.79 Å². The van der Waals surface area contributed by atoms with E-state index in [2.05, 4.69) is 0 Å². The molecule has 2 aromatic carbocycles. The van der Waals surface area contributed by atoms with Crippen LogP contribution in [0.4, 0.5) is 13.2 Å². The zero-order valence-corrected chi connectivity index (χ0v) is 14.1. The lowest BCUT2D eigenvalue weighted by molar-refractivity contribution is -0.188. The summed E-state index contributed by atoms with van der Waals surface area (Å²) in [6, 6.07) is 10.3. The van der Waals surface area contributed by atoms with Crippen LogP contribution in [-0.2, 0) is 16.0 Å². The summed E-state index contributed by atoms with van der Waals surface area (Å²) in [6.45, 7) is 0. The van der Waals surface area contributed by atoms with Gasteiger partial charge in [0, 0.05) is 13.5 Å². The maximum atomic E-state index is 12.5. The maximum Gasteiger partial charge on any atom is 0.471 e. The third-order valence-corrected chi connectivity index (χ3v) is 3.74. The molecule has 0 aliphatic rings. The fourth-order valence-electron chi connectivity index (χ4n) is 2.30. The molecule has 144 valence electrons. The number of phenols is 1. The summed E-state index contributed by atoms with van der Waals surface area (Å²) < 4.78 is 43.1. The summed E-state index contributed by atoms with van der Waals surface area (Å²) in [6.07, 6.45) is -5.45. The van der Waals surface area contributed by atoms with Gasteiger partial charge < -0.3 is 19.8 Å². The smallest absolute Gasteiger partial charge is 0.471 e. The summed E-state index contributed by atoms with van der Waals surface area (Å²) in [5, 5.41) is 18.4. The number of amides is 1. The predicted molar refractivity (Wildman–Crippen MR) is 88.6 cm³/mol. The first-order valence-corrected chi connectivity index (χ1v) is 7.70. The zero-order valence-electron chi connectivity index (χ0n) is 14.1. The van der Waals surface area contributed by atoms with Gasteiger partial charge in [0.05, 0.1) is 0 Å². The quantitative estimate of drug-likeness (QED) is 0.800. The highest BCUT2D eigenvalue weighted by Gasteiger charge is 2.44. The average molecular weight is 383 g/mol. The van der Waals surface area contributed by atoms with Crippen molar-refractivity contribution in [2.24, 2.45) is 0 Å². The second-order valence-electron chi connectivity index (χ2n) is 5.71. The molecule has 1 atom stereocenters. The number of nitrogens with zero attached hydrogens (tertiary/aromatic N) is 1. The number of aliphatic carboxylic acids is 1. The van der Waals surface area contributed by atoms with E-state index in [0.29, 0.717) is 17.1 Å². The molecule has 0 saturated heterocycles. The van der Waals surface area contributed by atoms with Gasteiger partial charge in [-0.05, 0) is 42.0 Å². The van der Waals surface area contributed by atoms with Crippen molar-refractivity contribution in [2.75, 3.05) is 7.05 Å². The number of aromatic hydroxyl groups is 1. The Morgan fingerprint density at radius 3 is 1.96 bits per heavy atom. The number of benzene rings is 2. The molecule has 0 fully saturated rings. The van der Waals surface area contributed by atoms with Gasteiger partial charge >= 0.3 is 18.1 Å². The highest BCUT2D eigenvalue weighted by atomic mass is 19.4. The molecular weight excluding hydrogens is 367 g/mol. The Morgan fingerprint density at radius 2 is 1.52 bits per heavy atom. The van der Waals surface area contributed by atoms with E-state index < -0.39 is 24.1 Å². The summed E-state index contributed by atoms with van der Waals surface area (Å²) >= 11 is 0. The number of hydrogen-bond acceptors (Lipinski definition) is 4. The lowest BCUT2D eigenvalue weighted by Gasteiger charge is -2.25.